The van der Waals surface area contributed by atoms with E-state index >= 15 is 0 Å². The normalized spacial score (nSPS) is 13.9. The molecule has 0 saturated heterocycles. The second kappa shape index (κ2) is 5.65. The van der Waals surface area contributed by atoms with Gasteiger partial charge in [0.1, 0.15) is 0 Å². The summed E-state index contributed by atoms with van der Waals surface area (Å²) in [6.07, 6.45) is 4.35. The van der Waals surface area contributed by atoms with Crippen molar-refractivity contribution >= 4 is 16.4 Å². The van der Waals surface area contributed by atoms with E-state index in [1.807, 2.05) is 6.08 Å². The summed E-state index contributed by atoms with van der Waals surface area (Å²) in [5.41, 5.74) is 0. The minimum Gasteiger partial charge on any atom is -0.415 e. The predicted molar refractivity (Wildman–Crippen MR) is 80.2 cm³/mol. The highest BCUT2D eigenvalue weighted by molar-refractivity contribution is 6.80. The van der Waals surface area contributed by atoms with E-state index < -0.39 is 16.4 Å². The molecule has 0 saturated carbocycles. The van der Waals surface area contributed by atoms with Crippen LogP contribution in [0, 0.1) is 0 Å². The van der Waals surface area contributed by atoms with E-state index in [2.05, 4.69) is 53.2 Å². The lowest BCUT2D eigenvalue weighted by atomic mass is 10.3. The topological polar surface area (TPSA) is 9.23 Å². The van der Waals surface area contributed by atoms with Gasteiger partial charge in [0, 0.05) is 5.22 Å². The lowest BCUT2D eigenvalue weighted by molar-refractivity contribution is 0.174. The predicted octanol–water partition coefficient (Wildman–Crippen LogP) is 4.83. The van der Waals surface area contributed by atoms with Gasteiger partial charge in [-0.25, -0.2) is 0 Å². The summed E-state index contributed by atoms with van der Waals surface area (Å²) in [6, 6.07) is 1.24. The minimum atomic E-state index is -1.50. The zero-order chi connectivity index (χ0) is 13.0. The molecule has 0 aliphatic heterocycles. The van der Waals surface area contributed by atoms with E-state index in [1.165, 1.54) is 12.5 Å². The molecule has 0 atom stereocenters. The molecule has 0 aliphatic rings. The molecule has 3 heteroatoms. The number of rotatable bonds is 7. The summed E-state index contributed by atoms with van der Waals surface area (Å²) < 4.78 is 6.50. The van der Waals surface area contributed by atoms with Crippen LogP contribution in [0.5, 0.6) is 0 Å². The minimum absolute atomic E-state index is 0.0941. The van der Waals surface area contributed by atoms with Crippen molar-refractivity contribution in [2.24, 2.45) is 0 Å². The Hall–Kier alpha value is 0.134. The molecule has 16 heavy (non-hydrogen) atoms. The molecule has 0 aliphatic carbocycles. The van der Waals surface area contributed by atoms with Crippen molar-refractivity contribution in [3.63, 3.8) is 0 Å². The van der Waals surface area contributed by atoms with Gasteiger partial charge in [0.15, 0.2) is 8.32 Å². The third kappa shape index (κ3) is 5.46. The Morgan fingerprint density at radius 2 is 1.62 bits per heavy atom. The Kier molecular flexibility index (Phi) is 5.70. The second-order valence-corrected chi connectivity index (χ2v) is 16.7. The average Bonchev–Trinajstić information content (AvgIpc) is 1.99. The van der Waals surface area contributed by atoms with Gasteiger partial charge in [0.2, 0.25) is 0 Å². The first kappa shape index (κ1) is 16.1. The molecule has 0 heterocycles. The summed E-state index contributed by atoms with van der Waals surface area (Å²) in [7, 11) is -2.75. The van der Waals surface area contributed by atoms with Crippen LogP contribution in [0.25, 0.3) is 0 Å². The smallest absolute Gasteiger partial charge is 0.187 e. The van der Waals surface area contributed by atoms with Gasteiger partial charge in [-0.3, -0.25) is 0 Å². The number of hydrogen-bond donors (Lipinski definition) is 0. The zero-order valence-corrected chi connectivity index (χ0v) is 14.3. The fourth-order valence-corrected chi connectivity index (χ4v) is 6.16. The molecule has 0 aromatic heterocycles. The molecule has 0 unspecified atom stereocenters. The molecule has 0 aromatic carbocycles. The molecule has 0 aromatic rings. The summed E-state index contributed by atoms with van der Waals surface area (Å²) in [4.78, 5) is 0. The van der Waals surface area contributed by atoms with E-state index in [4.69, 9.17) is 4.43 Å². The van der Waals surface area contributed by atoms with Crippen molar-refractivity contribution in [2.45, 2.75) is 70.7 Å². The maximum Gasteiger partial charge on any atom is 0.187 e. The fourth-order valence-electron chi connectivity index (χ4n) is 1.57. The highest BCUT2D eigenvalue weighted by Crippen LogP contribution is 2.30. The van der Waals surface area contributed by atoms with E-state index in [9.17, 15) is 0 Å². The number of allylic oxidation sites excluding steroid dienone is 1. The fraction of sp³-hybridized carbons (Fsp3) is 0.846. The summed E-state index contributed by atoms with van der Waals surface area (Å²) in [5.74, 6) is 0. The van der Waals surface area contributed by atoms with Gasteiger partial charge in [-0.2, -0.15) is 0 Å². The van der Waals surface area contributed by atoms with E-state index in [0.717, 1.165) is 6.42 Å². The summed E-state index contributed by atoms with van der Waals surface area (Å²) >= 11 is 0. The van der Waals surface area contributed by atoms with Crippen molar-refractivity contribution in [1.29, 1.82) is 0 Å². The highest BCUT2D eigenvalue weighted by Gasteiger charge is 2.40. The molecular weight excluding hydrogens is 228 g/mol. The van der Waals surface area contributed by atoms with Gasteiger partial charge in [0.05, 0.1) is 8.07 Å². The lowest BCUT2D eigenvalue weighted by Gasteiger charge is -2.43. The van der Waals surface area contributed by atoms with Crippen molar-refractivity contribution in [1.82, 2.24) is 0 Å². The van der Waals surface area contributed by atoms with Crippen LogP contribution in [0.15, 0.2) is 12.7 Å². The highest BCUT2D eigenvalue weighted by atomic mass is 28.4. The SMILES string of the molecule is C=CCCC[Si](C)(C)OC(C)(C)[Si](C)(C)C. The van der Waals surface area contributed by atoms with Crippen LogP contribution in [0.1, 0.15) is 26.7 Å². The second-order valence-electron chi connectivity index (χ2n) is 6.80. The molecule has 0 spiro atoms. The van der Waals surface area contributed by atoms with Gasteiger partial charge >= 0.3 is 0 Å². The molecule has 0 amide bonds. The van der Waals surface area contributed by atoms with Gasteiger partial charge in [-0.15, -0.1) is 6.58 Å². The van der Waals surface area contributed by atoms with Gasteiger partial charge in [0.25, 0.3) is 0 Å². The molecule has 0 bridgehead atoms. The van der Waals surface area contributed by atoms with Crippen LogP contribution in [0.4, 0.5) is 0 Å². The third-order valence-corrected chi connectivity index (χ3v) is 10.1. The van der Waals surface area contributed by atoms with E-state index in [-0.39, 0.29) is 5.22 Å². The van der Waals surface area contributed by atoms with Crippen LogP contribution in [-0.2, 0) is 4.43 Å². The Labute approximate surface area is 104 Å². The first-order valence-corrected chi connectivity index (χ1v) is 12.9. The average molecular weight is 259 g/mol. The molecule has 0 radical (unpaired) electrons. The summed E-state index contributed by atoms with van der Waals surface area (Å²) in [6.45, 7) is 20.2. The first-order valence-electron chi connectivity index (χ1n) is 6.33. The monoisotopic (exact) mass is 258 g/mol. The van der Waals surface area contributed by atoms with E-state index in [0.29, 0.717) is 0 Å². The molecule has 1 nitrogen and oxygen atoms in total. The van der Waals surface area contributed by atoms with Crippen LogP contribution in [-0.4, -0.2) is 21.6 Å². The first-order chi connectivity index (χ1) is 7.02. The van der Waals surface area contributed by atoms with Crippen molar-refractivity contribution < 1.29 is 4.43 Å². The Balaban J connectivity index is 4.39. The largest absolute Gasteiger partial charge is 0.415 e. The van der Waals surface area contributed by atoms with Gasteiger partial charge < -0.3 is 4.43 Å². The quantitative estimate of drug-likeness (QED) is 0.361. The Morgan fingerprint density at radius 1 is 1.12 bits per heavy atom. The number of hydrogen-bond acceptors (Lipinski definition) is 1. The molecule has 96 valence electrons. The van der Waals surface area contributed by atoms with Gasteiger partial charge in [-0.1, -0.05) is 32.1 Å². The lowest BCUT2D eigenvalue weighted by Crippen LogP contribution is -2.55. The van der Waals surface area contributed by atoms with Gasteiger partial charge in [-0.05, 0) is 39.4 Å². The zero-order valence-electron chi connectivity index (χ0n) is 12.3. The molecule has 0 rings (SSSR count). The standard InChI is InChI=1S/C13H30OSi2/c1-9-10-11-12-16(7,8)14-13(2,3)15(4,5)6/h9H,1,10-12H2,2-8H3. The molecule has 0 N–H and O–H groups in total. The maximum absolute atomic E-state index is 6.50. The van der Waals surface area contributed by atoms with Crippen LogP contribution in [0.3, 0.4) is 0 Å². The molecule has 0 fully saturated rings. The number of unbranched alkanes of at least 4 members (excludes halogenated alkanes) is 1. The van der Waals surface area contributed by atoms with Crippen molar-refractivity contribution in [3.05, 3.63) is 12.7 Å². The van der Waals surface area contributed by atoms with Crippen molar-refractivity contribution in [3.8, 4) is 0 Å². The van der Waals surface area contributed by atoms with Crippen molar-refractivity contribution in [2.75, 3.05) is 0 Å². The van der Waals surface area contributed by atoms with Crippen LogP contribution >= 0.6 is 0 Å². The Morgan fingerprint density at radius 3 is 2.00 bits per heavy atom. The van der Waals surface area contributed by atoms with E-state index in [1.54, 1.807) is 0 Å². The third-order valence-electron chi connectivity index (χ3n) is 3.52. The molecular formula is C13H30OSi2. The van der Waals surface area contributed by atoms with Crippen LogP contribution < -0.4 is 0 Å². The summed E-state index contributed by atoms with van der Waals surface area (Å²) in [5, 5.41) is 0.0941. The Bertz CT molecular complexity index is 227. The van der Waals surface area contributed by atoms with Crippen LogP contribution in [0.2, 0.25) is 38.8 Å². The maximum atomic E-state index is 6.50.